The molecule has 6 aromatic rings. The minimum Gasteiger partial charge on any atom is -0.491 e. The zero-order chi connectivity index (χ0) is 36.6. The SMILES string of the molecule is CCN(CC)CCOc1cc(/C=N/O)nc2c1ccc1cccnc12.CCN(CC)CCOc1cc(C=O)nc2c1ccc1cccnc12.Cl.NO. The summed E-state index contributed by atoms with van der Waals surface area (Å²) in [6, 6.07) is 19.3. The summed E-state index contributed by atoms with van der Waals surface area (Å²) >= 11 is 0. The number of rotatable bonds is 14. The highest BCUT2D eigenvalue weighted by atomic mass is 35.5. The number of likely N-dealkylation sites (N-methyl/N-ethyl adjacent to an activating group) is 2. The second kappa shape index (κ2) is 21.3. The first kappa shape index (κ1) is 41.4. The highest BCUT2D eigenvalue weighted by Crippen LogP contribution is 2.31. The van der Waals surface area contributed by atoms with Crippen molar-refractivity contribution in [2.24, 2.45) is 11.1 Å². The molecule has 4 N–H and O–H groups in total. The summed E-state index contributed by atoms with van der Waals surface area (Å²) in [6.07, 6.45) is 5.53. The van der Waals surface area contributed by atoms with Gasteiger partial charge in [0.15, 0.2) is 6.29 Å². The average Bonchev–Trinajstić information content (AvgIpc) is 3.19. The van der Waals surface area contributed by atoms with Gasteiger partial charge in [-0.1, -0.05) is 57.1 Å². The number of pyridine rings is 4. The third-order valence-electron chi connectivity index (χ3n) is 8.50. The van der Waals surface area contributed by atoms with Crippen LogP contribution in [0.5, 0.6) is 11.5 Å². The highest BCUT2D eigenvalue weighted by molar-refractivity contribution is 6.07. The van der Waals surface area contributed by atoms with E-state index in [1.54, 1.807) is 24.5 Å². The molecule has 0 saturated heterocycles. The molecule has 0 aliphatic heterocycles. The summed E-state index contributed by atoms with van der Waals surface area (Å²) in [5.41, 5.74) is 3.93. The Hall–Kier alpha value is -5.05. The standard InChI is InChI=1S/C19H22N4O2.C19H21N3O2.ClH.H3NO/c1-3-23(4-2)10-11-25-17-12-15(13-21-24)22-19-16(17)8-7-14-6-5-9-20-18(14)19;1-3-22(4-2)10-11-24-17-12-15(13-23)21-19-16(17)8-7-14-6-5-9-20-18(14)19;;1-2/h5-9,12-13,24H,3-4,10-11H2,1-2H3;5-9,12-13H,3-4,10-11H2,1-2H3;1H;2H,1H2/b21-13+;;;. The Morgan fingerprint density at radius 3 is 1.56 bits per heavy atom. The van der Waals surface area contributed by atoms with Gasteiger partial charge in [-0.05, 0) is 50.4 Å². The van der Waals surface area contributed by atoms with Crippen LogP contribution in [0, 0.1) is 0 Å². The van der Waals surface area contributed by atoms with Crippen molar-refractivity contribution in [3.63, 3.8) is 0 Å². The molecule has 0 fully saturated rings. The van der Waals surface area contributed by atoms with Gasteiger partial charge in [-0.3, -0.25) is 14.8 Å². The molecule has 0 aliphatic rings. The molecule has 0 aliphatic carbocycles. The van der Waals surface area contributed by atoms with E-state index >= 15 is 0 Å². The Labute approximate surface area is 309 Å². The fourth-order valence-corrected chi connectivity index (χ4v) is 5.70. The number of ether oxygens (including phenoxy) is 2. The molecule has 2 aromatic carbocycles. The Bertz CT molecular complexity index is 2060. The number of hydrogen-bond donors (Lipinski definition) is 3. The van der Waals surface area contributed by atoms with Crippen LogP contribution in [-0.4, -0.2) is 105 Å². The molecular weight excluding hydrogens is 684 g/mol. The number of nitrogens with two attached hydrogens (primary N) is 1. The minimum atomic E-state index is 0. The van der Waals surface area contributed by atoms with Crippen molar-refractivity contribution in [1.29, 1.82) is 0 Å². The van der Waals surface area contributed by atoms with Crippen molar-refractivity contribution in [2.45, 2.75) is 27.7 Å². The fourth-order valence-electron chi connectivity index (χ4n) is 5.70. The van der Waals surface area contributed by atoms with E-state index in [1.165, 1.54) is 6.21 Å². The normalized spacial score (nSPS) is 11.0. The topological polar surface area (TPSA) is 172 Å². The van der Waals surface area contributed by atoms with Gasteiger partial charge in [0.05, 0.1) is 22.9 Å². The summed E-state index contributed by atoms with van der Waals surface area (Å²) in [5.74, 6) is 4.90. The van der Waals surface area contributed by atoms with Crippen LogP contribution in [0.15, 0.2) is 78.2 Å². The first-order valence-electron chi connectivity index (χ1n) is 17.0. The summed E-state index contributed by atoms with van der Waals surface area (Å²) in [7, 11) is 0. The summed E-state index contributed by atoms with van der Waals surface area (Å²) in [5, 5.41) is 22.3. The van der Waals surface area contributed by atoms with Gasteiger partial charge >= 0.3 is 0 Å². The third kappa shape index (κ3) is 10.3. The fraction of sp³-hybridized carbons (Fsp3) is 0.316. The lowest BCUT2D eigenvalue weighted by Gasteiger charge is -2.18. The van der Waals surface area contributed by atoms with E-state index < -0.39 is 0 Å². The predicted molar refractivity (Wildman–Crippen MR) is 209 cm³/mol. The van der Waals surface area contributed by atoms with Crippen molar-refractivity contribution in [3.8, 4) is 11.5 Å². The number of aldehydes is 1. The van der Waals surface area contributed by atoms with Crippen LogP contribution in [0.3, 0.4) is 0 Å². The molecule has 0 atom stereocenters. The quantitative estimate of drug-likeness (QED) is 0.0372. The zero-order valence-corrected chi connectivity index (χ0v) is 30.8. The minimum absolute atomic E-state index is 0. The molecule has 13 nitrogen and oxygen atoms in total. The first-order chi connectivity index (χ1) is 25.0. The third-order valence-corrected chi connectivity index (χ3v) is 8.50. The summed E-state index contributed by atoms with van der Waals surface area (Å²) in [4.78, 5) is 33.7. The molecule has 276 valence electrons. The number of oxime groups is 1. The maximum absolute atomic E-state index is 11.3. The van der Waals surface area contributed by atoms with E-state index in [1.807, 2.05) is 48.5 Å². The first-order valence-corrected chi connectivity index (χ1v) is 17.0. The van der Waals surface area contributed by atoms with Crippen LogP contribution in [0.4, 0.5) is 0 Å². The number of aromatic nitrogens is 4. The largest absolute Gasteiger partial charge is 0.491 e. The summed E-state index contributed by atoms with van der Waals surface area (Å²) in [6.45, 7) is 15.4. The van der Waals surface area contributed by atoms with E-state index in [0.29, 0.717) is 35.9 Å². The molecule has 14 heteroatoms. The molecule has 4 aromatic heterocycles. The van der Waals surface area contributed by atoms with Crippen molar-refractivity contribution in [3.05, 3.63) is 84.4 Å². The molecule has 0 saturated carbocycles. The van der Waals surface area contributed by atoms with E-state index in [9.17, 15) is 4.79 Å². The Balaban J connectivity index is 0.000000263. The number of carbonyl (C=O) groups is 1. The zero-order valence-electron chi connectivity index (χ0n) is 30.0. The Kier molecular flexibility index (Phi) is 17.0. The number of benzene rings is 2. The molecule has 0 amide bonds. The maximum atomic E-state index is 11.3. The van der Waals surface area contributed by atoms with E-state index in [4.69, 9.17) is 19.9 Å². The number of fused-ring (bicyclic) bond motifs is 6. The monoisotopic (exact) mass is 730 g/mol. The molecule has 0 spiro atoms. The second-order valence-corrected chi connectivity index (χ2v) is 11.3. The van der Waals surface area contributed by atoms with Crippen LogP contribution in [0.1, 0.15) is 43.9 Å². The van der Waals surface area contributed by atoms with Crippen LogP contribution in [-0.2, 0) is 0 Å². The van der Waals surface area contributed by atoms with Crippen molar-refractivity contribution < 1.29 is 24.7 Å². The Morgan fingerprint density at radius 2 is 1.13 bits per heavy atom. The predicted octanol–water partition coefficient (Wildman–Crippen LogP) is 6.38. The second-order valence-electron chi connectivity index (χ2n) is 11.3. The van der Waals surface area contributed by atoms with Gasteiger partial charge in [-0.2, -0.15) is 0 Å². The highest BCUT2D eigenvalue weighted by Gasteiger charge is 2.13. The van der Waals surface area contributed by atoms with Gasteiger partial charge in [0, 0.05) is 59.2 Å². The lowest BCUT2D eigenvalue weighted by atomic mass is 10.1. The van der Waals surface area contributed by atoms with Gasteiger partial charge in [0.2, 0.25) is 0 Å². The maximum Gasteiger partial charge on any atom is 0.168 e. The van der Waals surface area contributed by atoms with Crippen molar-refractivity contribution in [1.82, 2.24) is 29.7 Å². The van der Waals surface area contributed by atoms with Crippen LogP contribution in [0.25, 0.3) is 43.6 Å². The number of halogens is 1. The molecule has 0 unspecified atom stereocenters. The molecule has 0 radical (unpaired) electrons. The number of nitrogens with zero attached hydrogens (tertiary/aromatic N) is 7. The van der Waals surface area contributed by atoms with Crippen LogP contribution < -0.4 is 15.4 Å². The van der Waals surface area contributed by atoms with E-state index in [0.717, 1.165) is 89.4 Å². The molecular formula is C38H47ClN8O5. The number of hydrogen-bond acceptors (Lipinski definition) is 13. The summed E-state index contributed by atoms with van der Waals surface area (Å²) < 4.78 is 12.0. The van der Waals surface area contributed by atoms with Gasteiger partial charge in [-0.25, -0.2) is 15.9 Å². The van der Waals surface area contributed by atoms with E-state index in [2.05, 4.69) is 68.5 Å². The molecule has 6 rings (SSSR count). The lowest BCUT2D eigenvalue weighted by molar-refractivity contribution is 0.111. The molecule has 4 heterocycles. The van der Waals surface area contributed by atoms with Crippen LogP contribution in [0.2, 0.25) is 0 Å². The average molecular weight is 731 g/mol. The number of carbonyl (C=O) groups excluding carboxylic acids is 1. The van der Waals surface area contributed by atoms with Crippen LogP contribution >= 0.6 is 12.4 Å². The van der Waals surface area contributed by atoms with Gasteiger partial charge in [0.1, 0.15) is 41.4 Å². The smallest absolute Gasteiger partial charge is 0.168 e. The Morgan fingerprint density at radius 1 is 0.692 bits per heavy atom. The lowest BCUT2D eigenvalue weighted by Crippen LogP contribution is -2.27. The van der Waals surface area contributed by atoms with Crippen molar-refractivity contribution in [2.75, 3.05) is 52.5 Å². The van der Waals surface area contributed by atoms with Gasteiger partial charge in [0.25, 0.3) is 0 Å². The van der Waals surface area contributed by atoms with Gasteiger partial charge in [-0.15, -0.1) is 12.4 Å². The molecule has 52 heavy (non-hydrogen) atoms. The van der Waals surface area contributed by atoms with Gasteiger partial charge < -0.3 is 29.7 Å². The molecule has 0 bridgehead atoms. The van der Waals surface area contributed by atoms with Crippen molar-refractivity contribution >= 4 is 68.5 Å². The van der Waals surface area contributed by atoms with E-state index in [-0.39, 0.29) is 12.4 Å².